The van der Waals surface area contributed by atoms with Crippen LogP contribution in [-0.2, 0) is 11.3 Å². The molecule has 0 bridgehead atoms. The second-order valence-electron chi connectivity index (χ2n) is 7.03. The molecule has 2 aromatic carbocycles. The fourth-order valence-electron chi connectivity index (χ4n) is 3.43. The largest absolute Gasteiger partial charge is 0.506 e. The highest BCUT2D eigenvalue weighted by molar-refractivity contribution is 6.50. The van der Waals surface area contributed by atoms with E-state index in [0.717, 1.165) is 0 Å². The number of carbonyl (C=O) groups is 2. The molecule has 0 fully saturated rings. The number of nitro benzene ring substituents is 1. The van der Waals surface area contributed by atoms with Crippen molar-refractivity contribution in [1.82, 2.24) is 9.55 Å². The first kappa shape index (κ1) is 22.3. The van der Waals surface area contributed by atoms with Crippen LogP contribution in [0.2, 0.25) is 10.0 Å². The summed E-state index contributed by atoms with van der Waals surface area (Å²) in [6, 6.07) is 10.6. The van der Waals surface area contributed by atoms with Crippen LogP contribution in [0, 0.1) is 10.1 Å². The molecular weight excluding hydrogens is 471 g/mol. The number of aromatic nitrogens is 2. The first-order valence-electron chi connectivity index (χ1n) is 9.45. The molecule has 0 radical (unpaired) electrons. The maximum Gasteiger partial charge on any atom is 0.296 e. The Balaban J connectivity index is 1.72. The lowest BCUT2D eigenvalue weighted by Gasteiger charge is -2.07. The second kappa shape index (κ2) is 8.89. The molecule has 0 saturated heterocycles. The smallest absolute Gasteiger partial charge is 0.296 e. The van der Waals surface area contributed by atoms with Crippen LogP contribution in [0.25, 0.3) is 10.9 Å². The molecule has 0 saturated carbocycles. The van der Waals surface area contributed by atoms with Crippen molar-refractivity contribution in [3.05, 3.63) is 92.3 Å². The predicted octanol–water partition coefficient (Wildman–Crippen LogP) is 4.83. The van der Waals surface area contributed by atoms with Gasteiger partial charge in [0.05, 0.1) is 31.7 Å². The summed E-state index contributed by atoms with van der Waals surface area (Å²) in [6.45, 7) is 0.118. The molecule has 2 heterocycles. The minimum absolute atomic E-state index is 0.0325. The number of phenols is 1. The summed E-state index contributed by atoms with van der Waals surface area (Å²) in [5.41, 5.74) is 0.873. The van der Waals surface area contributed by atoms with E-state index in [-0.39, 0.29) is 39.3 Å². The topological polar surface area (TPSA) is 127 Å². The number of amides is 1. The minimum atomic E-state index is -0.984. The highest BCUT2D eigenvalue weighted by Crippen LogP contribution is 2.32. The molecule has 1 amide bonds. The number of anilines is 1. The number of para-hydroxylation sites is 1. The number of halogens is 2. The Labute approximate surface area is 196 Å². The van der Waals surface area contributed by atoms with Gasteiger partial charge in [-0.2, -0.15) is 0 Å². The van der Waals surface area contributed by atoms with Gasteiger partial charge in [-0.15, -0.1) is 0 Å². The zero-order valence-corrected chi connectivity index (χ0v) is 18.2. The molecule has 0 unspecified atom stereocenters. The summed E-state index contributed by atoms with van der Waals surface area (Å²) in [4.78, 5) is 40.1. The average Bonchev–Trinajstić information content (AvgIpc) is 3.15. The van der Waals surface area contributed by atoms with Gasteiger partial charge in [0.15, 0.2) is 0 Å². The lowest BCUT2D eigenvalue weighted by Crippen LogP contribution is -2.23. The quantitative estimate of drug-likeness (QED) is 0.174. The minimum Gasteiger partial charge on any atom is -0.506 e. The lowest BCUT2D eigenvalue weighted by atomic mass is 10.1. The Kier molecular flexibility index (Phi) is 5.99. The number of non-ortho nitro benzene ring substituents is 1. The van der Waals surface area contributed by atoms with Crippen LogP contribution >= 0.6 is 23.2 Å². The first-order valence-corrected chi connectivity index (χ1v) is 10.2. The fourth-order valence-corrected chi connectivity index (χ4v) is 3.89. The Morgan fingerprint density at radius 1 is 1.12 bits per heavy atom. The van der Waals surface area contributed by atoms with Crippen LogP contribution in [0.1, 0.15) is 15.9 Å². The normalized spacial score (nSPS) is 10.8. The van der Waals surface area contributed by atoms with E-state index in [1.165, 1.54) is 36.8 Å². The maximum absolute atomic E-state index is 13.0. The fraction of sp³-hybridized carbons (Fsp3) is 0.0455. The van der Waals surface area contributed by atoms with E-state index < -0.39 is 16.6 Å². The van der Waals surface area contributed by atoms with Crippen LogP contribution in [0.15, 0.2) is 61.1 Å². The number of Topliss-reactive ketones (excluding diaryl/α,β-unsaturated/α-hetero) is 1. The number of nitrogens with zero attached hydrogens (tertiary/aromatic N) is 3. The van der Waals surface area contributed by atoms with E-state index in [0.29, 0.717) is 16.5 Å². The number of ketones is 1. The van der Waals surface area contributed by atoms with Gasteiger partial charge in [0.25, 0.3) is 17.4 Å². The Morgan fingerprint density at radius 3 is 2.52 bits per heavy atom. The summed E-state index contributed by atoms with van der Waals surface area (Å²) < 4.78 is 1.55. The Hall–Kier alpha value is -3.95. The summed E-state index contributed by atoms with van der Waals surface area (Å²) in [5.74, 6) is -1.98. The number of pyridine rings is 1. The summed E-state index contributed by atoms with van der Waals surface area (Å²) in [5, 5.41) is 24.4. The highest BCUT2D eigenvalue weighted by Gasteiger charge is 2.24. The van der Waals surface area contributed by atoms with Crippen LogP contribution in [0.5, 0.6) is 5.75 Å². The van der Waals surface area contributed by atoms with Crippen LogP contribution in [-0.4, -0.2) is 31.3 Å². The molecule has 0 aliphatic rings. The van der Waals surface area contributed by atoms with Gasteiger partial charge in [-0.25, -0.2) is 0 Å². The zero-order chi connectivity index (χ0) is 23.7. The van der Waals surface area contributed by atoms with Crippen LogP contribution < -0.4 is 5.32 Å². The number of carbonyl (C=O) groups excluding carboxylic acids is 2. The monoisotopic (exact) mass is 484 g/mol. The van der Waals surface area contributed by atoms with E-state index in [4.69, 9.17) is 23.2 Å². The van der Waals surface area contributed by atoms with Crippen molar-refractivity contribution in [2.24, 2.45) is 0 Å². The van der Waals surface area contributed by atoms with Gasteiger partial charge in [-0.3, -0.25) is 24.7 Å². The van der Waals surface area contributed by atoms with Crippen molar-refractivity contribution in [3.8, 4) is 5.75 Å². The van der Waals surface area contributed by atoms with Crippen molar-refractivity contribution in [1.29, 1.82) is 0 Å². The lowest BCUT2D eigenvalue weighted by molar-refractivity contribution is -0.384. The van der Waals surface area contributed by atoms with Gasteiger partial charge in [0, 0.05) is 42.7 Å². The molecule has 0 aliphatic carbocycles. The van der Waals surface area contributed by atoms with Gasteiger partial charge in [0.1, 0.15) is 5.75 Å². The van der Waals surface area contributed by atoms with Gasteiger partial charge >= 0.3 is 0 Å². The third kappa shape index (κ3) is 4.36. The zero-order valence-electron chi connectivity index (χ0n) is 16.7. The number of nitro groups is 1. The first-order chi connectivity index (χ1) is 15.8. The third-order valence-electron chi connectivity index (χ3n) is 4.89. The van der Waals surface area contributed by atoms with E-state index in [1.54, 1.807) is 28.8 Å². The van der Waals surface area contributed by atoms with E-state index in [1.807, 2.05) is 0 Å². The SMILES string of the molecule is O=C(Nc1c(Cl)cncc1Cl)C(=O)c1cn(Cc2cccc([N+](=O)[O-])c2)c2c(O)cccc12. The van der Waals surface area contributed by atoms with Gasteiger partial charge < -0.3 is 15.0 Å². The number of fused-ring (bicyclic) bond motifs is 1. The third-order valence-corrected chi connectivity index (χ3v) is 5.47. The van der Waals surface area contributed by atoms with Crippen LogP contribution in [0.4, 0.5) is 11.4 Å². The molecule has 4 rings (SSSR count). The summed E-state index contributed by atoms with van der Waals surface area (Å²) in [7, 11) is 0. The molecule has 33 heavy (non-hydrogen) atoms. The van der Waals surface area contributed by atoms with Gasteiger partial charge in [-0.1, -0.05) is 47.5 Å². The van der Waals surface area contributed by atoms with Crippen molar-refractivity contribution in [2.75, 3.05) is 5.32 Å². The van der Waals surface area contributed by atoms with Crippen molar-refractivity contribution in [3.63, 3.8) is 0 Å². The molecular formula is C22H14Cl2N4O5. The van der Waals surface area contributed by atoms with Crippen molar-refractivity contribution >= 4 is 57.2 Å². The molecule has 0 spiro atoms. The average molecular weight is 485 g/mol. The molecule has 0 atom stereocenters. The second-order valence-corrected chi connectivity index (χ2v) is 7.85. The molecule has 2 aromatic heterocycles. The van der Waals surface area contributed by atoms with E-state index in [9.17, 15) is 24.8 Å². The number of benzene rings is 2. The van der Waals surface area contributed by atoms with Gasteiger partial charge in [0.2, 0.25) is 0 Å². The van der Waals surface area contributed by atoms with Crippen molar-refractivity contribution < 1.29 is 19.6 Å². The summed E-state index contributed by atoms with van der Waals surface area (Å²) >= 11 is 12.0. The maximum atomic E-state index is 13.0. The molecule has 166 valence electrons. The number of aromatic hydroxyl groups is 1. The van der Waals surface area contributed by atoms with Crippen molar-refractivity contribution in [2.45, 2.75) is 6.54 Å². The predicted molar refractivity (Wildman–Crippen MR) is 123 cm³/mol. The Bertz CT molecular complexity index is 1410. The molecule has 4 aromatic rings. The number of rotatable bonds is 6. The molecule has 11 heteroatoms. The van der Waals surface area contributed by atoms with E-state index >= 15 is 0 Å². The standard InChI is InChI=1S/C22H14Cl2N4O5/c23-16-8-25-9-17(24)19(16)26-22(31)21(30)15-11-27(20-14(15)5-2-6-18(20)29)10-12-3-1-4-13(7-12)28(32)33/h1-9,11,29H,10H2,(H,25,26,31). The molecule has 0 aliphatic heterocycles. The van der Waals surface area contributed by atoms with Crippen LogP contribution in [0.3, 0.4) is 0 Å². The number of phenolic OH excluding ortho intramolecular Hbond substituents is 1. The number of nitrogens with one attached hydrogen (secondary N) is 1. The molecule has 9 nitrogen and oxygen atoms in total. The highest BCUT2D eigenvalue weighted by atomic mass is 35.5. The van der Waals surface area contributed by atoms with Gasteiger partial charge in [-0.05, 0) is 11.6 Å². The number of hydrogen-bond donors (Lipinski definition) is 2. The molecule has 2 N–H and O–H groups in total. The number of hydrogen-bond acceptors (Lipinski definition) is 6. The summed E-state index contributed by atoms with van der Waals surface area (Å²) in [6.07, 6.45) is 3.97. The Morgan fingerprint density at radius 2 is 1.82 bits per heavy atom. The van der Waals surface area contributed by atoms with E-state index in [2.05, 4.69) is 10.3 Å².